The summed E-state index contributed by atoms with van der Waals surface area (Å²) in [7, 11) is 0. The molecular formula is C18H19N3O5. The quantitative estimate of drug-likeness (QED) is 0.279. The Morgan fingerprint density at radius 3 is 2.62 bits per heavy atom. The number of ether oxygens (including phenoxy) is 1. The third-order valence-corrected chi connectivity index (χ3v) is 4.49. The summed E-state index contributed by atoms with van der Waals surface area (Å²) < 4.78 is 7.18. The number of carbonyl (C=O) groups excluding carboxylic acids is 2. The van der Waals surface area contributed by atoms with Gasteiger partial charge in [-0.2, -0.15) is 0 Å². The van der Waals surface area contributed by atoms with E-state index in [1.54, 1.807) is 6.07 Å². The molecule has 0 spiro atoms. The third kappa shape index (κ3) is 3.30. The van der Waals surface area contributed by atoms with Crippen LogP contribution in [0.15, 0.2) is 24.3 Å². The van der Waals surface area contributed by atoms with Gasteiger partial charge in [-0.15, -0.1) is 0 Å². The van der Waals surface area contributed by atoms with Gasteiger partial charge in [0.15, 0.2) is 6.61 Å². The number of rotatable bonds is 6. The van der Waals surface area contributed by atoms with E-state index in [1.807, 2.05) is 13.8 Å². The van der Waals surface area contributed by atoms with Gasteiger partial charge in [-0.1, -0.05) is 0 Å². The van der Waals surface area contributed by atoms with Crippen molar-refractivity contribution in [2.45, 2.75) is 32.7 Å². The van der Waals surface area contributed by atoms with E-state index >= 15 is 0 Å². The van der Waals surface area contributed by atoms with Crippen molar-refractivity contribution in [1.82, 2.24) is 4.57 Å². The normalized spacial score (nSPS) is 13.5. The largest absolute Gasteiger partial charge is 0.454 e. The minimum atomic E-state index is -0.808. The van der Waals surface area contributed by atoms with Crippen LogP contribution in [0.5, 0.6) is 0 Å². The molecule has 0 unspecified atom stereocenters. The number of aryl methyl sites for hydroxylation is 1. The summed E-state index contributed by atoms with van der Waals surface area (Å²) in [4.78, 5) is 34.7. The molecule has 136 valence electrons. The highest BCUT2D eigenvalue weighted by Crippen LogP contribution is 2.38. The zero-order valence-corrected chi connectivity index (χ0v) is 14.5. The lowest BCUT2D eigenvalue weighted by atomic mass is 10.1. The first-order valence-electron chi connectivity index (χ1n) is 8.22. The smallest absolute Gasteiger partial charge is 0.338 e. The van der Waals surface area contributed by atoms with Crippen molar-refractivity contribution in [2.24, 2.45) is 0 Å². The molecule has 2 aromatic rings. The van der Waals surface area contributed by atoms with E-state index in [2.05, 4.69) is 4.57 Å². The Labute approximate surface area is 149 Å². The van der Waals surface area contributed by atoms with Crippen LogP contribution in [0.4, 0.5) is 11.4 Å². The average molecular weight is 357 g/mol. The second-order valence-electron chi connectivity index (χ2n) is 6.42. The number of nitro groups is 1. The van der Waals surface area contributed by atoms with Gasteiger partial charge in [0, 0.05) is 29.1 Å². The van der Waals surface area contributed by atoms with Crippen molar-refractivity contribution >= 4 is 23.1 Å². The van der Waals surface area contributed by atoms with Crippen LogP contribution in [0, 0.1) is 24.0 Å². The molecule has 2 N–H and O–H groups in total. The van der Waals surface area contributed by atoms with Gasteiger partial charge in [-0.25, -0.2) is 4.79 Å². The van der Waals surface area contributed by atoms with Crippen molar-refractivity contribution < 1.29 is 19.2 Å². The van der Waals surface area contributed by atoms with E-state index < -0.39 is 17.5 Å². The van der Waals surface area contributed by atoms with Gasteiger partial charge in [0.2, 0.25) is 5.78 Å². The molecule has 0 radical (unpaired) electrons. The Morgan fingerprint density at radius 1 is 1.31 bits per heavy atom. The van der Waals surface area contributed by atoms with Crippen molar-refractivity contribution in [3.8, 4) is 0 Å². The van der Waals surface area contributed by atoms with E-state index in [0.717, 1.165) is 30.3 Å². The average Bonchev–Trinajstić information content (AvgIpc) is 3.37. The lowest BCUT2D eigenvalue weighted by molar-refractivity contribution is -0.383. The standard InChI is InChI=1S/C18H19N3O5/c1-10-7-14(11(2)20(10)13-4-5-13)17(22)9-26-18(23)12-3-6-15(19)16(8-12)21(24)25/h3,6-8,13H,4-5,9,19H2,1-2H3. The number of benzene rings is 1. The number of esters is 1. The molecular weight excluding hydrogens is 338 g/mol. The number of hydrogen-bond donors (Lipinski definition) is 1. The fourth-order valence-corrected chi connectivity index (χ4v) is 3.07. The van der Waals surface area contributed by atoms with Crippen LogP contribution >= 0.6 is 0 Å². The summed E-state index contributed by atoms with van der Waals surface area (Å²) in [5.41, 5.74) is 7.46. The van der Waals surface area contributed by atoms with E-state index in [0.29, 0.717) is 11.6 Å². The van der Waals surface area contributed by atoms with Crippen LogP contribution in [-0.2, 0) is 4.74 Å². The summed E-state index contributed by atoms with van der Waals surface area (Å²) in [6, 6.07) is 5.89. The van der Waals surface area contributed by atoms with Crippen LogP contribution in [0.1, 0.15) is 51.0 Å². The van der Waals surface area contributed by atoms with Crippen molar-refractivity contribution in [2.75, 3.05) is 12.3 Å². The maximum absolute atomic E-state index is 12.4. The highest BCUT2D eigenvalue weighted by atomic mass is 16.6. The number of nitrogen functional groups attached to an aromatic ring is 1. The molecule has 1 heterocycles. The molecule has 0 atom stereocenters. The predicted octanol–water partition coefficient (Wildman–Crippen LogP) is 2.97. The van der Waals surface area contributed by atoms with Crippen molar-refractivity contribution in [1.29, 1.82) is 0 Å². The highest BCUT2D eigenvalue weighted by molar-refractivity contribution is 6.00. The Kier molecular flexibility index (Phi) is 4.50. The summed E-state index contributed by atoms with van der Waals surface area (Å²) in [5, 5.41) is 10.9. The monoisotopic (exact) mass is 357 g/mol. The Morgan fingerprint density at radius 2 is 2.00 bits per heavy atom. The van der Waals surface area contributed by atoms with E-state index in [9.17, 15) is 19.7 Å². The third-order valence-electron chi connectivity index (χ3n) is 4.49. The number of hydrogen-bond acceptors (Lipinski definition) is 6. The minimum Gasteiger partial charge on any atom is -0.454 e. The number of anilines is 1. The Hall–Kier alpha value is -3.16. The summed E-state index contributed by atoms with van der Waals surface area (Å²) in [6.45, 7) is 3.40. The molecule has 0 bridgehead atoms. The number of nitro benzene ring substituents is 1. The maximum atomic E-state index is 12.4. The molecule has 0 amide bonds. The van der Waals surface area contributed by atoms with E-state index in [4.69, 9.17) is 10.5 Å². The molecule has 1 aliphatic carbocycles. The van der Waals surface area contributed by atoms with Crippen LogP contribution < -0.4 is 5.73 Å². The number of nitrogens with zero attached hydrogens (tertiary/aromatic N) is 2. The zero-order valence-electron chi connectivity index (χ0n) is 14.5. The molecule has 1 saturated carbocycles. The molecule has 1 fully saturated rings. The Bertz CT molecular complexity index is 912. The fraction of sp³-hybridized carbons (Fsp3) is 0.333. The highest BCUT2D eigenvalue weighted by Gasteiger charge is 2.28. The second kappa shape index (κ2) is 6.62. The van der Waals surface area contributed by atoms with Crippen LogP contribution in [0.2, 0.25) is 0 Å². The number of ketones is 1. The molecule has 8 heteroatoms. The lowest BCUT2D eigenvalue weighted by Crippen LogP contribution is -2.15. The van der Waals surface area contributed by atoms with Gasteiger partial charge < -0.3 is 15.0 Å². The maximum Gasteiger partial charge on any atom is 0.338 e. The van der Waals surface area contributed by atoms with Crippen molar-refractivity contribution in [3.05, 3.63) is 56.9 Å². The Balaban J connectivity index is 1.70. The topological polar surface area (TPSA) is 117 Å². The van der Waals surface area contributed by atoms with E-state index in [-0.39, 0.29) is 22.7 Å². The molecule has 26 heavy (non-hydrogen) atoms. The number of aromatic nitrogens is 1. The first-order valence-corrected chi connectivity index (χ1v) is 8.22. The first-order chi connectivity index (χ1) is 12.3. The fourth-order valence-electron chi connectivity index (χ4n) is 3.07. The minimum absolute atomic E-state index is 0.0258. The summed E-state index contributed by atoms with van der Waals surface area (Å²) in [6.07, 6.45) is 2.21. The van der Waals surface area contributed by atoms with Crippen molar-refractivity contribution in [3.63, 3.8) is 0 Å². The molecule has 3 rings (SSSR count). The molecule has 1 aromatic heterocycles. The van der Waals surface area contributed by atoms with Gasteiger partial charge in [0.1, 0.15) is 5.69 Å². The number of nitrogens with two attached hydrogens (primary N) is 1. The molecule has 0 aliphatic heterocycles. The van der Waals surface area contributed by atoms with Gasteiger partial charge in [-0.05, 0) is 44.9 Å². The van der Waals surface area contributed by atoms with Gasteiger partial charge in [0.05, 0.1) is 10.5 Å². The molecule has 0 saturated heterocycles. The van der Waals surface area contributed by atoms with Crippen LogP contribution in [-0.4, -0.2) is 27.8 Å². The van der Waals surface area contributed by atoms with Crippen LogP contribution in [0.3, 0.4) is 0 Å². The van der Waals surface area contributed by atoms with Gasteiger partial charge >= 0.3 is 5.97 Å². The zero-order chi connectivity index (χ0) is 19.0. The molecule has 8 nitrogen and oxygen atoms in total. The van der Waals surface area contributed by atoms with Gasteiger partial charge in [0.25, 0.3) is 5.69 Å². The predicted molar refractivity (Wildman–Crippen MR) is 94.3 cm³/mol. The molecule has 1 aromatic carbocycles. The van der Waals surface area contributed by atoms with Crippen LogP contribution in [0.25, 0.3) is 0 Å². The second-order valence-corrected chi connectivity index (χ2v) is 6.42. The molecule has 1 aliphatic rings. The number of Topliss-reactive ketones (excluding diaryl/α,β-unsaturated/α-hetero) is 1. The lowest BCUT2D eigenvalue weighted by Gasteiger charge is -2.08. The summed E-state index contributed by atoms with van der Waals surface area (Å²) in [5.74, 6) is -1.11. The summed E-state index contributed by atoms with van der Waals surface area (Å²) >= 11 is 0. The van der Waals surface area contributed by atoms with E-state index in [1.165, 1.54) is 12.1 Å². The SMILES string of the molecule is Cc1cc(C(=O)COC(=O)c2ccc(N)c([N+](=O)[O-])c2)c(C)n1C1CC1. The van der Waals surface area contributed by atoms with Gasteiger partial charge in [-0.3, -0.25) is 14.9 Å². The first kappa shape index (κ1) is 17.7. The number of carbonyl (C=O) groups is 2.